The number of imidazole rings is 1. The Kier molecular flexibility index (Phi) is 7.47. The molecule has 1 aliphatic heterocycles. The predicted octanol–water partition coefficient (Wildman–Crippen LogP) is 3.83. The Balaban J connectivity index is 0.000000396. The molecule has 10 heteroatoms. The van der Waals surface area contributed by atoms with Crippen molar-refractivity contribution in [3.8, 4) is 17.0 Å². The number of amides is 1. The van der Waals surface area contributed by atoms with E-state index in [0.29, 0.717) is 13.0 Å². The summed E-state index contributed by atoms with van der Waals surface area (Å²) in [7, 11) is 0. The first-order valence-corrected chi connectivity index (χ1v) is 9.40. The average molecular weight is 427 g/mol. The van der Waals surface area contributed by atoms with E-state index in [1.807, 2.05) is 56.1 Å². The Hall–Kier alpha value is -3.04. The van der Waals surface area contributed by atoms with Gasteiger partial charge in [-0.15, -0.1) is 0 Å². The van der Waals surface area contributed by atoms with Gasteiger partial charge in [-0.1, -0.05) is 0 Å². The average Bonchev–Trinajstić information content (AvgIpc) is 3.29. The van der Waals surface area contributed by atoms with Crippen LogP contribution in [0.5, 0.6) is 5.75 Å². The van der Waals surface area contributed by atoms with Crippen molar-refractivity contribution in [3.05, 3.63) is 36.3 Å². The van der Waals surface area contributed by atoms with Crippen LogP contribution in [0.3, 0.4) is 0 Å². The highest BCUT2D eigenvalue weighted by Gasteiger charge is 2.38. The molecular weight excluding hydrogens is 403 g/mol. The lowest BCUT2D eigenvalue weighted by Gasteiger charge is -2.20. The van der Waals surface area contributed by atoms with Gasteiger partial charge in [0.25, 0.3) is 0 Å². The van der Waals surface area contributed by atoms with Crippen molar-refractivity contribution < 1.29 is 32.6 Å². The first-order chi connectivity index (χ1) is 14.0. The molecule has 2 N–H and O–H groups in total. The summed E-state index contributed by atoms with van der Waals surface area (Å²) < 4.78 is 37.2. The van der Waals surface area contributed by atoms with Gasteiger partial charge >= 0.3 is 12.1 Å². The molecule has 0 radical (unpaired) electrons. The molecule has 1 fully saturated rings. The number of carboxylic acid groups (broad SMARTS) is 1. The zero-order valence-electron chi connectivity index (χ0n) is 16.9. The third-order valence-corrected chi connectivity index (χ3v) is 4.48. The van der Waals surface area contributed by atoms with Crippen LogP contribution in [-0.4, -0.2) is 57.2 Å². The van der Waals surface area contributed by atoms with E-state index in [9.17, 15) is 18.0 Å². The number of carboxylic acids is 1. The molecule has 164 valence electrons. The molecule has 1 aliphatic rings. The van der Waals surface area contributed by atoms with Crippen molar-refractivity contribution in [2.75, 3.05) is 13.2 Å². The minimum Gasteiger partial charge on any atom is -0.494 e. The molecule has 2 aromatic rings. The molecule has 1 atom stereocenters. The standard InChI is InChI=1S/C18H23N3O2.C2HF3O2/c1-4-23-15-7-5-13(6-8-15)16-10-19-18(20-16)14-9-17(22)21(11-14)12(2)3;3-2(4,5)1(6)7/h5-8,10,12,14H,4,9,11H2,1-3H3,(H,19,20);(H,6,7). The first kappa shape index (κ1) is 23.2. The van der Waals surface area contributed by atoms with E-state index in [4.69, 9.17) is 14.6 Å². The van der Waals surface area contributed by atoms with E-state index < -0.39 is 12.1 Å². The summed E-state index contributed by atoms with van der Waals surface area (Å²) in [5, 5.41) is 7.12. The van der Waals surface area contributed by atoms with E-state index >= 15 is 0 Å². The van der Waals surface area contributed by atoms with E-state index in [1.165, 1.54) is 0 Å². The summed E-state index contributed by atoms with van der Waals surface area (Å²) in [6, 6.07) is 8.19. The highest BCUT2D eigenvalue weighted by atomic mass is 19.4. The lowest BCUT2D eigenvalue weighted by molar-refractivity contribution is -0.192. The number of aliphatic carboxylic acids is 1. The highest BCUT2D eigenvalue weighted by Crippen LogP contribution is 2.29. The van der Waals surface area contributed by atoms with Gasteiger partial charge < -0.3 is 19.7 Å². The Morgan fingerprint density at radius 3 is 2.40 bits per heavy atom. The van der Waals surface area contributed by atoms with Crippen LogP contribution in [0.2, 0.25) is 0 Å². The number of halogens is 3. The number of rotatable bonds is 5. The predicted molar refractivity (Wildman–Crippen MR) is 103 cm³/mol. The second-order valence-corrected chi connectivity index (χ2v) is 6.98. The maximum absolute atomic E-state index is 12.0. The fourth-order valence-electron chi connectivity index (χ4n) is 3.00. The molecule has 0 aliphatic carbocycles. The number of hydrogen-bond donors (Lipinski definition) is 2. The van der Waals surface area contributed by atoms with Crippen LogP contribution in [-0.2, 0) is 9.59 Å². The maximum atomic E-state index is 12.0. The smallest absolute Gasteiger partial charge is 0.490 e. The molecule has 1 amide bonds. The van der Waals surface area contributed by atoms with Crippen molar-refractivity contribution in [2.45, 2.75) is 45.3 Å². The second kappa shape index (κ2) is 9.64. The van der Waals surface area contributed by atoms with Crippen molar-refractivity contribution in [1.29, 1.82) is 0 Å². The molecule has 30 heavy (non-hydrogen) atoms. The number of carbonyl (C=O) groups excluding carboxylic acids is 1. The molecule has 0 bridgehead atoms. The van der Waals surface area contributed by atoms with Gasteiger partial charge in [0.2, 0.25) is 5.91 Å². The van der Waals surface area contributed by atoms with Crippen molar-refractivity contribution >= 4 is 11.9 Å². The normalized spacial score (nSPS) is 16.4. The zero-order valence-corrected chi connectivity index (χ0v) is 16.9. The van der Waals surface area contributed by atoms with Gasteiger partial charge in [0.05, 0.1) is 18.5 Å². The third-order valence-electron chi connectivity index (χ3n) is 4.48. The monoisotopic (exact) mass is 427 g/mol. The Labute approximate surface area is 171 Å². The van der Waals surface area contributed by atoms with Crippen LogP contribution >= 0.6 is 0 Å². The lowest BCUT2D eigenvalue weighted by atomic mass is 10.1. The summed E-state index contributed by atoms with van der Waals surface area (Å²) in [5.41, 5.74) is 2.04. The highest BCUT2D eigenvalue weighted by molar-refractivity contribution is 5.80. The Morgan fingerprint density at radius 1 is 1.33 bits per heavy atom. The SMILES string of the molecule is CCOc1ccc(-c2cnc(C3CC(=O)N(C(C)C)C3)[nH]2)cc1.O=C(O)C(F)(F)F. The number of aromatic amines is 1. The summed E-state index contributed by atoms with van der Waals surface area (Å²) in [5.74, 6) is -0.631. The molecule has 3 rings (SSSR count). The van der Waals surface area contributed by atoms with E-state index in [2.05, 4.69) is 9.97 Å². The van der Waals surface area contributed by atoms with E-state index in [0.717, 1.165) is 29.4 Å². The van der Waals surface area contributed by atoms with Gasteiger partial charge in [0.15, 0.2) is 0 Å². The molecule has 0 saturated carbocycles. The van der Waals surface area contributed by atoms with Crippen molar-refractivity contribution in [3.63, 3.8) is 0 Å². The fraction of sp³-hybridized carbons (Fsp3) is 0.450. The number of ether oxygens (including phenoxy) is 1. The van der Waals surface area contributed by atoms with Crippen LogP contribution in [0.4, 0.5) is 13.2 Å². The van der Waals surface area contributed by atoms with Crippen LogP contribution in [0.1, 0.15) is 38.9 Å². The number of nitrogens with zero attached hydrogens (tertiary/aromatic N) is 2. The molecule has 7 nitrogen and oxygen atoms in total. The van der Waals surface area contributed by atoms with Gasteiger partial charge in [-0.2, -0.15) is 13.2 Å². The van der Waals surface area contributed by atoms with Crippen LogP contribution < -0.4 is 4.74 Å². The number of H-pyrrole nitrogens is 1. The fourth-order valence-corrected chi connectivity index (χ4v) is 3.00. The summed E-state index contributed by atoms with van der Waals surface area (Å²) in [6.07, 6.45) is -2.71. The number of nitrogens with one attached hydrogen (secondary N) is 1. The number of likely N-dealkylation sites (tertiary alicyclic amines) is 1. The molecule has 1 aromatic heterocycles. The van der Waals surface area contributed by atoms with Crippen LogP contribution in [0.15, 0.2) is 30.5 Å². The summed E-state index contributed by atoms with van der Waals surface area (Å²) >= 11 is 0. The molecule has 0 spiro atoms. The van der Waals surface area contributed by atoms with Gasteiger partial charge in [0, 0.05) is 24.9 Å². The van der Waals surface area contributed by atoms with Crippen molar-refractivity contribution in [2.24, 2.45) is 0 Å². The quantitative estimate of drug-likeness (QED) is 0.756. The lowest BCUT2D eigenvalue weighted by Crippen LogP contribution is -2.31. The number of aromatic nitrogens is 2. The second-order valence-electron chi connectivity index (χ2n) is 6.98. The zero-order chi connectivity index (χ0) is 22.5. The van der Waals surface area contributed by atoms with Crippen LogP contribution in [0, 0.1) is 0 Å². The minimum atomic E-state index is -5.08. The molecule has 1 unspecified atom stereocenters. The third kappa shape index (κ3) is 5.98. The minimum absolute atomic E-state index is 0.154. The van der Waals surface area contributed by atoms with Gasteiger partial charge in [-0.05, 0) is 50.6 Å². The number of benzene rings is 1. The van der Waals surface area contributed by atoms with E-state index in [-0.39, 0.29) is 17.9 Å². The van der Waals surface area contributed by atoms with E-state index in [1.54, 1.807) is 0 Å². The maximum Gasteiger partial charge on any atom is 0.490 e. The number of carbonyl (C=O) groups is 2. The number of hydrogen-bond acceptors (Lipinski definition) is 4. The molecular formula is C20H24F3N3O4. The largest absolute Gasteiger partial charge is 0.494 e. The first-order valence-electron chi connectivity index (χ1n) is 9.40. The Morgan fingerprint density at radius 2 is 1.93 bits per heavy atom. The summed E-state index contributed by atoms with van der Waals surface area (Å²) in [4.78, 5) is 30.7. The topological polar surface area (TPSA) is 95.5 Å². The molecule has 1 aromatic carbocycles. The van der Waals surface area contributed by atoms with Crippen LogP contribution in [0.25, 0.3) is 11.3 Å². The molecule has 1 saturated heterocycles. The van der Waals surface area contributed by atoms with Gasteiger partial charge in [-0.3, -0.25) is 4.79 Å². The Bertz CT molecular complexity index is 863. The number of alkyl halides is 3. The van der Waals surface area contributed by atoms with Crippen molar-refractivity contribution in [1.82, 2.24) is 14.9 Å². The summed E-state index contributed by atoms with van der Waals surface area (Å²) in [6.45, 7) is 7.47. The molecule has 2 heterocycles. The van der Waals surface area contributed by atoms with Gasteiger partial charge in [0.1, 0.15) is 11.6 Å². The van der Waals surface area contributed by atoms with Gasteiger partial charge in [-0.25, -0.2) is 9.78 Å².